The lowest BCUT2D eigenvalue weighted by Gasteiger charge is -1.82. The molecule has 0 aliphatic rings. The molecule has 0 bridgehead atoms. The number of hydrogen-bond acceptors (Lipinski definition) is 2. The van der Waals surface area contributed by atoms with Crippen molar-refractivity contribution in [3.8, 4) is 0 Å². The van der Waals surface area contributed by atoms with Gasteiger partial charge in [-0.1, -0.05) is 20.4 Å². The van der Waals surface area contributed by atoms with Crippen molar-refractivity contribution in [3.63, 3.8) is 0 Å². The van der Waals surface area contributed by atoms with Crippen molar-refractivity contribution < 1.29 is 0 Å². The predicted octanol–water partition coefficient (Wildman–Crippen LogP) is 2.66. The second-order valence-corrected chi connectivity index (χ2v) is 1.68. The SMILES string of the molecule is C=C(C)N=CC(C)=N.CC. The number of hydrogen-bond donors (Lipinski definition) is 1. The standard InChI is InChI=1S/C6H10N2.C2H6/c1-5(2)8-4-6(3)7;1-2/h4,7H,1H2,2-3H3;1-2H3. The fraction of sp³-hybridized carbons (Fsp3) is 0.500. The van der Waals surface area contributed by atoms with Crippen LogP contribution in [0.2, 0.25) is 0 Å². The quantitative estimate of drug-likeness (QED) is 0.572. The summed E-state index contributed by atoms with van der Waals surface area (Å²) in [5.41, 5.74) is 1.18. The topological polar surface area (TPSA) is 36.2 Å². The van der Waals surface area contributed by atoms with Crippen LogP contribution < -0.4 is 0 Å². The third-order valence-electron chi connectivity index (χ3n) is 0.479. The van der Waals surface area contributed by atoms with Gasteiger partial charge >= 0.3 is 0 Å². The Balaban J connectivity index is 0. The molecule has 0 fully saturated rings. The van der Waals surface area contributed by atoms with Gasteiger partial charge in [-0.15, -0.1) is 0 Å². The van der Waals surface area contributed by atoms with Gasteiger partial charge in [0.25, 0.3) is 0 Å². The van der Waals surface area contributed by atoms with Crippen LogP contribution in [0.15, 0.2) is 17.3 Å². The van der Waals surface area contributed by atoms with E-state index in [-0.39, 0.29) is 0 Å². The summed E-state index contributed by atoms with van der Waals surface area (Å²) in [6.45, 7) is 11.0. The number of allylic oxidation sites excluding steroid dienone is 1. The van der Waals surface area contributed by atoms with Gasteiger partial charge in [0, 0.05) is 17.6 Å². The first-order valence-electron chi connectivity index (χ1n) is 3.37. The molecule has 1 N–H and O–H groups in total. The highest BCUT2D eigenvalue weighted by atomic mass is 14.7. The number of nitrogens with one attached hydrogen (secondary N) is 1. The highest BCUT2D eigenvalue weighted by Gasteiger charge is 1.75. The first kappa shape index (κ1) is 11.8. The van der Waals surface area contributed by atoms with Gasteiger partial charge in [-0.2, -0.15) is 0 Å². The van der Waals surface area contributed by atoms with Crippen LogP contribution in [-0.2, 0) is 0 Å². The van der Waals surface area contributed by atoms with Crippen molar-refractivity contribution in [1.82, 2.24) is 0 Å². The van der Waals surface area contributed by atoms with Crippen LogP contribution in [0.1, 0.15) is 27.7 Å². The smallest absolute Gasteiger partial charge is 0.0476 e. The molecule has 0 radical (unpaired) electrons. The molecule has 0 heterocycles. The molecular weight excluding hydrogens is 124 g/mol. The normalized spacial score (nSPS) is 8.40. The number of aliphatic imine (C=N–C) groups is 1. The second kappa shape index (κ2) is 8.08. The summed E-state index contributed by atoms with van der Waals surface area (Å²) in [7, 11) is 0. The molecule has 0 aromatic rings. The predicted molar refractivity (Wildman–Crippen MR) is 48.1 cm³/mol. The zero-order chi connectivity index (χ0) is 8.57. The summed E-state index contributed by atoms with van der Waals surface area (Å²) in [6, 6.07) is 0. The van der Waals surface area contributed by atoms with Crippen molar-refractivity contribution >= 4 is 11.9 Å². The second-order valence-electron chi connectivity index (χ2n) is 1.68. The van der Waals surface area contributed by atoms with Crippen LogP contribution in [0.5, 0.6) is 0 Å². The molecule has 0 rings (SSSR count). The Morgan fingerprint density at radius 2 is 1.80 bits per heavy atom. The van der Waals surface area contributed by atoms with Crippen LogP contribution in [0.3, 0.4) is 0 Å². The molecule has 0 aromatic heterocycles. The van der Waals surface area contributed by atoms with E-state index in [0.717, 1.165) is 5.70 Å². The van der Waals surface area contributed by atoms with Crippen molar-refractivity contribution in [2.24, 2.45) is 4.99 Å². The van der Waals surface area contributed by atoms with Gasteiger partial charge in [-0.05, 0) is 13.8 Å². The number of nitrogens with zero attached hydrogens (tertiary/aromatic N) is 1. The lowest BCUT2D eigenvalue weighted by molar-refractivity contribution is 1.34. The molecule has 0 aliphatic heterocycles. The van der Waals surface area contributed by atoms with Gasteiger partial charge in [0.1, 0.15) is 0 Å². The van der Waals surface area contributed by atoms with Gasteiger partial charge in [-0.25, -0.2) is 0 Å². The van der Waals surface area contributed by atoms with E-state index >= 15 is 0 Å². The van der Waals surface area contributed by atoms with E-state index < -0.39 is 0 Å². The third kappa shape index (κ3) is 15.7. The summed E-state index contributed by atoms with van der Waals surface area (Å²) < 4.78 is 0. The van der Waals surface area contributed by atoms with Crippen LogP contribution in [0.4, 0.5) is 0 Å². The maximum atomic E-state index is 6.90. The fourth-order valence-electron chi connectivity index (χ4n) is 0.207. The first-order valence-corrected chi connectivity index (χ1v) is 3.37. The van der Waals surface area contributed by atoms with Crippen LogP contribution >= 0.6 is 0 Å². The molecule has 0 saturated heterocycles. The van der Waals surface area contributed by atoms with Gasteiger partial charge in [0.05, 0.1) is 0 Å². The van der Waals surface area contributed by atoms with E-state index in [1.165, 1.54) is 6.21 Å². The van der Waals surface area contributed by atoms with Gasteiger partial charge in [-0.3, -0.25) is 4.99 Å². The summed E-state index contributed by atoms with van der Waals surface area (Å²) in [5, 5.41) is 6.90. The fourth-order valence-corrected chi connectivity index (χ4v) is 0.207. The van der Waals surface area contributed by atoms with Crippen LogP contribution in [0.25, 0.3) is 0 Å². The number of rotatable bonds is 2. The monoisotopic (exact) mass is 140 g/mol. The summed E-state index contributed by atoms with van der Waals surface area (Å²) >= 11 is 0. The van der Waals surface area contributed by atoms with E-state index in [4.69, 9.17) is 5.41 Å². The molecule has 0 aliphatic carbocycles. The average molecular weight is 140 g/mol. The molecule has 10 heavy (non-hydrogen) atoms. The van der Waals surface area contributed by atoms with Crippen LogP contribution in [-0.4, -0.2) is 11.9 Å². The molecule has 0 aromatic carbocycles. The Hall–Kier alpha value is -0.920. The molecule has 0 saturated carbocycles. The first-order chi connectivity index (χ1) is 4.63. The Morgan fingerprint density at radius 1 is 1.40 bits per heavy atom. The van der Waals surface area contributed by atoms with Gasteiger partial charge in [0.2, 0.25) is 0 Å². The van der Waals surface area contributed by atoms with Gasteiger partial charge in [0.15, 0.2) is 0 Å². The lowest BCUT2D eigenvalue weighted by Crippen LogP contribution is -1.87. The minimum absolute atomic E-state index is 0.452. The molecule has 0 amide bonds. The van der Waals surface area contributed by atoms with E-state index in [0.29, 0.717) is 5.71 Å². The van der Waals surface area contributed by atoms with E-state index in [1.54, 1.807) is 13.8 Å². The zero-order valence-electron chi connectivity index (χ0n) is 7.23. The lowest BCUT2D eigenvalue weighted by atomic mass is 10.5. The summed E-state index contributed by atoms with van der Waals surface area (Å²) in [5.74, 6) is 0. The van der Waals surface area contributed by atoms with Crippen molar-refractivity contribution in [1.29, 1.82) is 5.41 Å². The van der Waals surface area contributed by atoms with E-state index in [2.05, 4.69) is 11.6 Å². The molecule has 0 atom stereocenters. The Kier molecular flexibility index (Phi) is 9.56. The van der Waals surface area contributed by atoms with E-state index in [9.17, 15) is 0 Å². The van der Waals surface area contributed by atoms with Crippen molar-refractivity contribution in [2.75, 3.05) is 0 Å². The van der Waals surface area contributed by atoms with E-state index in [1.807, 2.05) is 13.8 Å². The zero-order valence-corrected chi connectivity index (χ0v) is 7.23. The highest BCUT2D eigenvalue weighted by molar-refractivity contribution is 6.28. The molecule has 2 nitrogen and oxygen atoms in total. The molecule has 2 heteroatoms. The summed E-state index contributed by atoms with van der Waals surface area (Å²) in [6.07, 6.45) is 1.47. The Labute approximate surface area is 63.2 Å². The molecule has 0 spiro atoms. The Bertz CT molecular complexity index is 118. The maximum absolute atomic E-state index is 6.90. The summed E-state index contributed by atoms with van der Waals surface area (Å²) in [4.78, 5) is 3.78. The maximum Gasteiger partial charge on any atom is 0.0476 e. The minimum atomic E-state index is 0.452. The largest absolute Gasteiger partial charge is 0.304 e. The third-order valence-corrected chi connectivity index (χ3v) is 0.479. The molecular formula is C8H16N2. The molecule has 0 unspecified atom stereocenters. The van der Waals surface area contributed by atoms with Crippen LogP contribution in [0, 0.1) is 5.41 Å². The Morgan fingerprint density at radius 3 is 1.90 bits per heavy atom. The molecule has 58 valence electrons. The average Bonchev–Trinajstić information content (AvgIpc) is 1.89. The van der Waals surface area contributed by atoms with Gasteiger partial charge < -0.3 is 5.41 Å². The van der Waals surface area contributed by atoms with Crippen molar-refractivity contribution in [2.45, 2.75) is 27.7 Å². The van der Waals surface area contributed by atoms with Crippen molar-refractivity contribution in [3.05, 3.63) is 12.3 Å². The highest BCUT2D eigenvalue weighted by Crippen LogP contribution is 1.84. The minimum Gasteiger partial charge on any atom is -0.304 e.